The summed E-state index contributed by atoms with van der Waals surface area (Å²) in [5, 5.41) is 10.5. The van der Waals surface area contributed by atoms with Crippen molar-refractivity contribution < 1.29 is 32.5 Å². The molecule has 2 aromatic rings. The van der Waals surface area contributed by atoms with Gasteiger partial charge in [0, 0.05) is 26.1 Å². The zero-order valence-corrected chi connectivity index (χ0v) is 24.5. The van der Waals surface area contributed by atoms with Gasteiger partial charge in [-0.2, -0.15) is 0 Å². The molecular formula is C31H41NO7S. The molecule has 1 saturated heterocycles. The highest BCUT2D eigenvalue weighted by Gasteiger charge is 2.51. The minimum absolute atomic E-state index is 0.0586. The Morgan fingerprint density at radius 2 is 1.65 bits per heavy atom. The van der Waals surface area contributed by atoms with Gasteiger partial charge in [-0.15, -0.1) is 0 Å². The van der Waals surface area contributed by atoms with Gasteiger partial charge in [-0.05, 0) is 75.1 Å². The Labute approximate surface area is 238 Å². The molecule has 3 rings (SSSR count). The molecule has 0 bridgehead atoms. The van der Waals surface area contributed by atoms with Crippen LogP contribution in [0.4, 0.5) is 0 Å². The Bertz CT molecular complexity index is 1240. The monoisotopic (exact) mass is 571 g/mol. The van der Waals surface area contributed by atoms with E-state index in [0.717, 1.165) is 39.3 Å². The Morgan fingerprint density at radius 3 is 2.25 bits per heavy atom. The number of benzene rings is 2. The van der Waals surface area contributed by atoms with Crippen molar-refractivity contribution in [1.29, 1.82) is 0 Å². The second kappa shape index (κ2) is 15.0. The Balaban J connectivity index is 1.82. The third kappa shape index (κ3) is 8.43. The second-order valence-electron chi connectivity index (χ2n) is 10.1. The summed E-state index contributed by atoms with van der Waals surface area (Å²) in [4.78, 5) is 15.1. The van der Waals surface area contributed by atoms with E-state index in [1.165, 1.54) is 36.9 Å². The third-order valence-corrected chi connectivity index (χ3v) is 9.37. The summed E-state index contributed by atoms with van der Waals surface area (Å²) in [5.74, 6) is -0.249. The van der Waals surface area contributed by atoms with Gasteiger partial charge in [0.1, 0.15) is 18.1 Å². The quantitative estimate of drug-likeness (QED) is 0.237. The predicted octanol–water partition coefficient (Wildman–Crippen LogP) is 4.94. The maximum atomic E-state index is 14.0. The molecule has 1 N–H and O–H groups in total. The number of allylic oxidation sites excluding steroid dienone is 4. The summed E-state index contributed by atoms with van der Waals surface area (Å²) in [7, 11) is -2.81. The Morgan fingerprint density at radius 1 is 1.00 bits per heavy atom. The molecule has 9 heteroatoms. The number of morpholine rings is 1. The third-order valence-electron chi connectivity index (χ3n) is 6.97. The molecule has 40 heavy (non-hydrogen) atoms. The summed E-state index contributed by atoms with van der Waals surface area (Å²) in [6, 6.07) is 12.8. The summed E-state index contributed by atoms with van der Waals surface area (Å²) in [6.45, 7) is 8.54. The van der Waals surface area contributed by atoms with Crippen molar-refractivity contribution in [1.82, 2.24) is 4.90 Å². The van der Waals surface area contributed by atoms with Gasteiger partial charge in [0.05, 0.1) is 25.2 Å². The number of ether oxygens (including phenoxy) is 3. The lowest BCUT2D eigenvalue weighted by Gasteiger charge is -2.29. The van der Waals surface area contributed by atoms with Crippen molar-refractivity contribution in [3.63, 3.8) is 0 Å². The minimum atomic E-state index is -4.29. The van der Waals surface area contributed by atoms with Crippen LogP contribution in [0.25, 0.3) is 0 Å². The van der Waals surface area contributed by atoms with Crippen LogP contribution in [0.5, 0.6) is 11.5 Å². The summed E-state index contributed by atoms with van der Waals surface area (Å²) >= 11 is 0. The van der Waals surface area contributed by atoms with Crippen LogP contribution in [0.2, 0.25) is 0 Å². The lowest BCUT2D eigenvalue weighted by Crippen LogP contribution is -2.48. The van der Waals surface area contributed by atoms with Gasteiger partial charge >= 0.3 is 5.97 Å². The van der Waals surface area contributed by atoms with E-state index in [4.69, 9.17) is 14.2 Å². The fourth-order valence-electron chi connectivity index (χ4n) is 4.55. The average Bonchev–Trinajstić information content (AvgIpc) is 2.95. The standard InChI is InChI=1S/C31H41NO7S/c1-25(2)8-6-4-5-7-17-31(30(33)34,40(35,36)29-15-13-27(37-3)14-16-29)24-26-9-11-28(12-10-26)39-23-20-32-18-21-38-22-19-32/h5,7-16H,4,6,17-24H2,1-3H3,(H,33,34). The molecule has 0 aromatic heterocycles. The Kier molecular flexibility index (Phi) is 11.8. The molecule has 1 fully saturated rings. The molecule has 0 saturated carbocycles. The number of carboxylic acid groups (broad SMARTS) is 1. The Hall–Kier alpha value is -3.14. The van der Waals surface area contributed by atoms with E-state index >= 15 is 0 Å². The molecule has 1 heterocycles. The molecule has 1 atom stereocenters. The molecule has 218 valence electrons. The number of aliphatic carboxylic acids is 1. The van der Waals surface area contributed by atoms with Gasteiger partial charge in [0.2, 0.25) is 0 Å². The summed E-state index contributed by atoms with van der Waals surface area (Å²) in [5.41, 5.74) is 1.79. The van der Waals surface area contributed by atoms with Crippen LogP contribution in [0.3, 0.4) is 0 Å². The van der Waals surface area contributed by atoms with E-state index in [9.17, 15) is 18.3 Å². The normalized spacial score (nSPS) is 15.9. The first-order valence-corrected chi connectivity index (χ1v) is 15.1. The van der Waals surface area contributed by atoms with Gasteiger partial charge in [0.25, 0.3) is 0 Å². The number of hydrogen-bond donors (Lipinski definition) is 1. The van der Waals surface area contributed by atoms with Gasteiger partial charge in [-0.3, -0.25) is 9.69 Å². The number of hydrogen-bond acceptors (Lipinski definition) is 7. The van der Waals surface area contributed by atoms with Crippen molar-refractivity contribution in [2.45, 2.75) is 49.2 Å². The fraction of sp³-hybridized carbons (Fsp3) is 0.452. The zero-order chi connectivity index (χ0) is 29.0. The maximum Gasteiger partial charge on any atom is 0.326 e. The van der Waals surface area contributed by atoms with Crippen molar-refractivity contribution in [2.24, 2.45) is 0 Å². The molecular weight excluding hydrogens is 530 g/mol. The van der Waals surface area contributed by atoms with E-state index in [1.54, 1.807) is 30.3 Å². The van der Waals surface area contributed by atoms with Crippen LogP contribution in [0.15, 0.2) is 77.2 Å². The van der Waals surface area contributed by atoms with E-state index in [0.29, 0.717) is 30.1 Å². The highest BCUT2D eigenvalue weighted by atomic mass is 32.2. The van der Waals surface area contributed by atoms with Crippen molar-refractivity contribution >= 4 is 15.8 Å². The lowest BCUT2D eigenvalue weighted by atomic mass is 9.94. The molecule has 2 aromatic carbocycles. The highest BCUT2D eigenvalue weighted by molar-refractivity contribution is 7.93. The smallest absolute Gasteiger partial charge is 0.326 e. The number of rotatable bonds is 15. The topological polar surface area (TPSA) is 102 Å². The van der Waals surface area contributed by atoms with E-state index in [1.807, 2.05) is 19.9 Å². The van der Waals surface area contributed by atoms with Crippen LogP contribution in [0.1, 0.15) is 38.7 Å². The predicted molar refractivity (Wildman–Crippen MR) is 156 cm³/mol. The first kappa shape index (κ1) is 31.4. The molecule has 0 amide bonds. The van der Waals surface area contributed by atoms with E-state index < -0.39 is 20.6 Å². The summed E-state index contributed by atoms with van der Waals surface area (Å²) < 4.78 is 42.2. The van der Waals surface area contributed by atoms with Crippen molar-refractivity contribution in [2.75, 3.05) is 46.6 Å². The van der Waals surface area contributed by atoms with Crippen LogP contribution >= 0.6 is 0 Å². The van der Waals surface area contributed by atoms with Crippen LogP contribution < -0.4 is 9.47 Å². The molecule has 1 aliphatic heterocycles. The SMILES string of the molecule is COc1ccc(S(=O)(=O)C(CC=CCCC=C(C)C)(Cc2ccc(OCCN3CCOCC3)cc2)C(=O)O)cc1. The van der Waals surface area contributed by atoms with Crippen molar-refractivity contribution in [3.8, 4) is 11.5 Å². The number of carbonyl (C=O) groups is 1. The van der Waals surface area contributed by atoms with E-state index in [-0.39, 0.29) is 17.7 Å². The largest absolute Gasteiger partial charge is 0.497 e. The zero-order valence-electron chi connectivity index (χ0n) is 23.7. The van der Waals surface area contributed by atoms with Crippen LogP contribution in [-0.4, -0.2) is 75.7 Å². The van der Waals surface area contributed by atoms with Gasteiger partial charge in [-0.25, -0.2) is 8.42 Å². The maximum absolute atomic E-state index is 14.0. The molecule has 0 aliphatic carbocycles. The average molecular weight is 572 g/mol. The first-order chi connectivity index (χ1) is 19.2. The molecule has 0 spiro atoms. The number of nitrogens with zero attached hydrogens (tertiary/aromatic N) is 1. The summed E-state index contributed by atoms with van der Waals surface area (Å²) in [6.07, 6.45) is 6.76. The second-order valence-corrected chi connectivity index (χ2v) is 12.4. The van der Waals surface area contributed by atoms with Crippen LogP contribution in [0, 0.1) is 0 Å². The fourth-order valence-corrected chi connectivity index (χ4v) is 6.39. The van der Waals surface area contributed by atoms with Crippen LogP contribution in [-0.2, 0) is 25.8 Å². The minimum Gasteiger partial charge on any atom is -0.497 e. The molecule has 8 nitrogen and oxygen atoms in total. The molecule has 1 aliphatic rings. The number of unbranched alkanes of at least 4 members (excludes halogenated alkanes) is 1. The lowest BCUT2D eigenvalue weighted by molar-refractivity contribution is -0.140. The number of sulfone groups is 1. The highest BCUT2D eigenvalue weighted by Crippen LogP contribution is 2.35. The molecule has 1 unspecified atom stereocenters. The van der Waals surface area contributed by atoms with Crippen molar-refractivity contribution in [3.05, 3.63) is 77.9 Å². The van der Waals surface area contributed by atoms with Gasteiger partial charge in [0.15, 0.2) is 14.6 Å². The van der Waals surface area contributed by atoms with Gasteiger partial charge < -0.3 is 19.3 Å². The number of methoxy groups -OCH3 is 1. The van der Waals surface area contributed by atoms with Gasteiger partial charge in [-0.1, -0.05) is 35.9 Å². The van der Waals surface area contributed by atoms with E-state index in [2.05, 4.69) is 11.0 Å². The number of carboxylic acids is 1. The molecule has 0 radical (unpaired) electrons. The first-order valence-electron chi connectivity index (χ1n) is 13.6.